The molecule has 4 heteroatoms. The minimum atomic E-state index is 0.815. The molecule has 1 aromatic heterocycles. The summed E-state index contributed by atoms with van der Waals surface area (Å²) in [5.41, 5.74) is 1.11. The van der Waals surface area contributed by atoms with Gasteiger partial charge in [0.15, 0.2) is 5.76 Å². The number of hydrogen-bond donors (Lipinski definition) is 0. The number of nitrogens with zero attached hydrogens (tertiary/aromatic N) is 2. The van der Waals surface area contributed by atoms with E-state index >= 15 is 0 Å². The van der Waals surface area contributed by atoms with E-state index in [4.69, 9.17) is 4.52 Å². The Bertz CT molecular complexity index is 268. The van der Waals surface area contributed by atoms with Crippen molar-refractivity contribution in [3.63, 3.8) is 0 Å². The van der Waals surface area contributed by atoms with Crippen LogP contribution in [-0.2, 0) is 6.54 Å². The van der Waals surface area contributed by atoms with E-state index in [0.717, 1.165) is 17.9 Å². The maximum atomic E-state index is 4.92. The van der Waals surface area contributed by atoms with Gasteiger partial charge in [0.1, 0.15) is 0 Å². The van der Waals surface area contributed by atoms with Crippen LogP contribution in [0, 0.1) is 0 Å². The van der Waals surface area contributed by atoms with E-state index in [0.29, 0.717) is 0 Å². The first-order valence-electron chi connectivity index (χ1n) is 2.90. The van der Waals surface area contributed by atoms with Gasteiger partial charge >= 0.3 is 0 Å². The van der Waals surface area contributed by atoms with Crippen molar-refractivity contribution in [2.24, 2.45) is 0 Å². The van der Waals surface area contributed by atoms with Crippen LogP contribution in [0.3, 0.4) is 0 Å². The van der Waals surface area contributed by atoms with Gasteiger partial charge in [0.2, 0.25) is 0 Å². The molecule has 3 nitrogen and oxygen atoms in total. The lowest BCUT2D eigenvalue weighted by Crippen LogP contribution is -2.06. The third-order valence-corrected chi connectivity index (χ3v) is 1.87. The molecule has 0 saturated carbocycles. The molecule has 0 aromatic carbocycles. The number of rotatable bonds is 0. The molecule has 2 rings (SSSR count). The summed E-state index contributed by atoms with van der Waals surface area (Å²) in [7, 11) is 0. The van der Waals surface area contributed by atoms with Crippen LogP contribution in [0.25, 0.3) is 6.08 Å². The Morgan fingerprint density at radius 2 is 2.60 bits per heavy atom. The molecule has 10 heavy (non-hydrogen) atoms. The van der Waals surface area contributed by atoms with E-state index in [1.165, 1.54) is 0 Å². The largest absolute Gasteiger partial charge is 0.357 e. The quantitative estimate of drug-likeness (QED) is 0.599. The molecular formula is C6H5BrN2O. The van der Waals surface area contributed by atoms with Crippen molar-refractivity contribution in [3.8, 4) is 0 Å². The van der Waals surface area contributed by atoms with Crippen molar-refractivity contribution in [1.82, 2.24) is 9.08 Å². The molecule has 1 aliphatic rings. The molecule has 0 spiro atoms. The average molecular weight is 201 g/mol. The molecule has 1 aliphatic heterocycles. The summed E-state index contributed by atoms with van der Waals surface area (Å²) >= 11 is 3.32. The summed E-state index contributed by atoms with van der Waals surface area (Å²) in [4.78, 5) is 0. The summed E-state index contributed by atoms with van der Waals surface area (Å²) in [6.07, 6.45) is 5.50. The first-order valence-corrected chi connectivity index (χ1v) is 3.61. The van der Waals surface area contributed by atoms with Gasteiger partial charge in [-0.2, -0.15) is 0 Å². The van der Waals surface area contributed by atoms with Gasteiger partial charge in [-0.3, -0.25) is 0 Å². The Labute approximate surface area is 66.6 Å². The van der Waals surface area contributed by atoms with Gasteiger partial charge in [0.05, 0.1) is 12.7 Å². The third kappa shape index (κ3) is 0.844. The molecule has 52 valence electrons. The fourth-order valence-corrected chi connectivity index (χ4v) is 1.28. The number of hydrogen-bond acceptors (Lipinski definition) is 3. The summed E-state index contributed by atoms with van der Waals surface area (Å²) in [5.74, 6) is 0.857. The summed E-state index contributed by atoms with van der Waals surface area (Å²) in [6.45, 7) is 0.815. The highest BCUT2D eigenvalue weighted by atomic mass is 79.9. The summed E-state index contributed by atoms with van der Waals surface area (Å²) < 4.78 is 6.82. The Morgan fingerprint density at radius 3 is 3.50 bits per heavy atom. The fraction of sp³-hybridized carbons (Fsp3) is 0.167. The van der Waals surface area contributed by atoms with E-state index in [-0.39, 0.29) is 0 Å². The molecule has 0 fully saturated rings. The van der Waals surface area contributed by atoms with Crippen LogP contribution in [0.5, 0.6) is 0 Å². The Balaban J connectivity index is 2.43. The van der Waals surface area contributed by atoms with E-state index < -0.39 is 0 Å². The van der Waals surface area contributed by atoms with E-state index in [1.807, 2.05) is 16.2 Å². The van der Waals surface area contributed by atoms with Crippen molar-refractivity contribution in [3.05, 3.63) is 23.7 Å². The highest BCUT2D eigenvalue weighted by Crippen LogP contribution is 2.20. The number of halogens is 1. The number of fused-ring (bicyclic) bond motifs is 1. The van der Waals surface area contributed by atoms with E-state index in [2.05, 4.69) is 21.3 Å². The van der Waals surface area contributed by atoms with Gasteiger partial charge in [-0.25, -0.2) is 0 Å². The minimum absolute atomic E-state index is 0.815. The van der Waals surface area contributed by atoms with Gasteiger partial charge in [-0.05, 0) is 0 Å². The molecule has 0 radical (unpaired) electrons. The average Bonchev–Trinajstić information content (AvgIpc) is 2.33. The standard InChI is InChI=1S/C6H5BrN2O/c7-9-2-1-6-5(4-9)3-8-10-6/h1-3H,4H2. The van der Waals surface area contributed by atoms with Crippen molar-refractivity contribution in [2.75, 3.05) is 0 Å². The lowest BCUT2D eigenvalue weighted by Gasteiger charge is -2.12. The van der Waals surface area contributed by atoms with Gasteiger partial charge in [0.25, 0.3) is 0 Å². The first-order chi connectivity index (χ1) is 4.86. The van der Waals surface area contributed by atoms with Crippen molar-refractivity contribution in [2.45, 2.75) is 6.54 Å². The maximum Gasteiger partial charge on any atom is 0.166 e. The van der Waals surface area contributed by atoms with Crippen LogP contribution in [0.1, 0.15) is 11.3 Å². The minimum Gasteiger partial charge on any atom is -0.357 e. The smallest absolute Gasteiger partial charge is 0.166 e. The molecule has 0 unspecified atom stereocenters. The highest BCUT2D eigenvalue weighted by Gasteiger charge is 2.11. The van der Waals surface area contributed by atoms with Crippen molar-refractivity contribution >= 4 is 22.2 Å². The summed E-state index contributed by atoms with van der Waals surface area (Å²) in [5, 5.41) is 3.66. The Morgan fingerprint density at radius 1 is 1.70 bits per heavy atom. The molecule has 0 aliphatic carbocycles. The first kappa shape index (κ1) is 5.97. The second-order valence-corrected chi connectivity index (χ2v) is 3.00. The van der Waals surface area contributed by atoms with Crippen LogP contribution in [-0.4, -0.2) is 9.08 Å². The molecule has 2 heterocycles. The summed E-state index contributed by atoms with van der Waals surface area (Å²) in [6, 6.07) is 0. The SMILES string of the molecule is BrN1C=Cc2oncc2C1. The molecule has 1 aromatic rings. The molecule has 0 amide bonds. The lowest BCUT2D eigenvalue weighted by atomic mass is 10.2. The zero-order chi connectivity index (χ0) is 6.97. The monoisotopic (exact) mass is 200 g/mol. The van der Waals surface area contributed by atoms with Gasteiger partial charge in [-0.15, -0.1) is 0 Å². The lowest BCUT2D eigenvalue weighted by molar-refractivity contribution is 0.408. The maximum absolute atomic E-state index is 4.92. The van der Waals surface area contributed by atoms with Crippen molar-refractivity contribution < 1.29 is 4.52 Å². The van der Waals surface area contributed by atoms with Crippen LogP contribution in [0.4, 0.5) is 0 Å². The van der Waals surface area contributed by atoms with Crippen LogP contribution >= 0.6 is 16.1 Å². The predicted molar refractivity (Wildman–Crippen MR) is 40.0 cm³/mol. The third-order valence-electron chi connectivity index (χ3n) is 1.39. The highest BCUT2D eigenvalue weighted by molar-refractivity contribution is 9.07. The second-order valence-electron chi connectivity index (χ2n) is 2.09. The van der Waals surface area contributed by atoms with Crippen LogP contribution in [0.2, 0.25) is 0 Å². The van der Waals surface area contributed by atoms with Crippen LogP contribution < -0.4 is 0 Å². The fourth-order valence-electron chi connectivity index (χ4n) is 0.889. The molecule has 0 atom stereocenters. The zero-order valence-corrected chi connectivity index (χ0v) is 6.71. The van der Waals surface area contributed by atoms with E-state index in [9.17, 15) is 0 Å². The topological polar surface area (TPSA) is 29.3 Å². The van der Waals surface area contributed by atoms with Gasteiger partial charge in [0, 0.05) is 34.0 Å². The van der Waals surface area contributed by atoms with Crippen LogP contribution in [0.15, 0.2) is 16.9 Å². The Kier molecular flexibility index (Phi) is 1.27. The second kappa shape index (κ2) is 2.12. The molecule has 0 saturated heterocycles. The van der Waals surface area contributed by atoms with Gasteiger partial charge in [-0.1, -0.05) is 5.16 Å². The molecular weight excluding hydrogens is 196 g/mol. The zero-order valence-electron chi connectivity index (χ0n) is 5.12. The number of aromatic nitrogens is 1. The normalized spacial score (nSPS) is 15.5. The van der Waals surface area contributed by atoms with E-state index in [1.54, 1.807) is 6.20 Å². The molecule has 0 bridgehead atoms. The molecule has 0 N–H and O–H groups in total. The Hall–Kier alpha value is -0.770. The van der Waals surface area contributed by atoms with Gasteiger partial charge < -0.3 is 8.45 Å². The van der Waals surface area contributed by atoms with Crippen molar-refractivity contribution in [1.29, 1.82) is 0 Å². The predicted octanol–water partition coefficient (Wildman–Crippen LogP) is 1.77.